The highest BCUT2D eigenvalue weighted by molar-refractivity contribution is 6.33. The van der Waals surface area contributed by atoms with Gasteiger partial charge in [-0.05, 0) is 37.3 Å². The van der Waals surface area contributed by atoms with E-state index < -0.39 is 17.9 Å². The maximum absolute atomic E-state index is 12.0. The molecule has 3 amide bonds. The molecule has 1 saturated heterocycles. The highest BCUT2D eigenvalue weighted by Gasteiger charge is 2.32. The fourth-order valence-corrected chi connectivity index (χ4v) is 2.63. The van der Waals surface area contributed by atoms with Crippen molar-refractivity contribution < 1.29 is 23.9 Å². The zero-order valence-corrected chi connectivity index (χ0v) is 13.8. The summed E-state index contributed by atoms with van der Waals surface area (Å²) >= 11 is 6.11. The number of nitrogens with zero attached hydrogens (tertiary/aromatic N) is 1. The Labute approximate surface area is 147 Å². The molecule has 0 unspecified atom stereocenters. The number of imide groups is 1. The van der Waals surface area contributed by atoms with Crippen LogP contribution in [-0.2, 0) is 4.79 Å². The summed E-state index contributed by atoms with van der Waals surface area (Å²) in [6, 6.07) is 7.00. The van der Waals surface area contributed by atoms with Crippen LogP contribution in [0.3, 0.4) is 0 Å². The first-order chi connectivity index (χ1) is 11.9. The highest BCUT2D eigenvalue weighted by Crippen LogP contribution is 2.31. The summed E-state index contributed by atoms with van der Waals surface area (Å²) in [6.45, 7) is 1.96. The van der Waals surface area contributed by atoms with Crippen LogP contribution in [0.15, 0.2) is 40.4 Å². The van der Waals surface area contributed by atoms with Crippen molar-refractivity contribution in [3.8, 4) is 11.3 Å². The molecule has 1 aliphatic rings. The molecule has 7 nitrogen and oxygen atoms in total. The lowest BCUT2D eigenvalue weighted by atomic mass is 10.1. The van der Waals surface area contributed by atoms with E-state index in [1.807, 2.05) is 0 Å². The SMILES string of the molecule is CCN1C(=O)NC(=Cc2ccc(-c3cc(C(=O)O)ccc3Cl)o2)C1=O. The number of nitrogens with one attached hydrogen (secondary N) is 1. The molecule has 2 aromatic rings. The summed E-state index contributed by atoms with van der Waals surface area (Å²) in [4.78, 5) is 35.9. The topological polar surface area (TPSA) is 99.8 Å². The molecule has 0 atom stereocenters. The van der Waals surface area contributed by atoms with Gasteiger partial charge in [-0.15, -0.1) is 0 Å². The molecule has 1 aromatic heterocycles. The van der Waals surface area contributed by atoms with Crippen LogP contribution in [0.5, 0.6) is 0 Å². The Morgan fingerprint density at radius 3 is 2.72 bits per heavy atom. The zero-order valence-electron chi connectivity index (χ0n) is 13.1. The molecule has 0 radical (unpaired) electrons. The first kappa shape index (κ1) is 16.8. The number of carbonyl (C=O) groups excluding carboxylic acids is 2. The molecule has 128 valence electrons. The van der Waals surface area contributed by atoms with Crippen molar-refractivity contribution >= 4 is 35.6 Å². The number of amides is 3. The second-order valence-electron chi connectivity index (χ2n) is 5.24. The molecule has 0 aliphatic carbocycles. The molecular formula is C17H13ClN2O5. The van der Waals surface area contributed by atoms with Crippen LogP contribution in [0.4, 0.5) is 4.79 Å². The van der Waals surface area contributed by atoms with Crippen molar-refractivity contribution in [2.45, 2.75) is 6.92 Å². The number of halogens is 1. The summed E-state index contributed by atoms with van der Waals surface area (Å²) in [5.74, 6) is -0.834. The second kappa shape index (κ2) is 6.45. The number of rotatable bonds is 4. The standard InChI is InChI=1S/C17H13ClN2O5/c1-2-20-15(21)13(19-17(20)24)8-10-4-6-14(25-10)11-7-9(16(22)23)3-5-12(11)18/h3-8H,2H2,1H3,(H,19,24)(H,22,23). The number of carboxylic acid groups (broad SMARTS) is 1. The number of hydrogen-bond acceptors (Lipinski definition) is 4. The summed E-state index contributed by atoms with van der Waals surface area (Å²) in [5, 5.41) is 11.9. The van der Waals surface area contributed by atoms with Crippen molar-refractivity contribution in [2.24, 2.45) is 0 Å². The average molecular weight is 361 g/mol. The maximum Gasteiger partial charge on any atom is 0.335 e. The molecular weight excluding hydrogens is 348 g/mol. The van der Waals surface area contributed by atoms with Gasteiger partial charge in [-0.1, -0.05) is 11.6 Å². The number of benzene rings is 1. The Morgan fingerprint density at radius 2 is 2.08 bits per heavy atom. The van der Waals surface area contributed by atoms with Crippen molar-refractivity contribution in [1.82, 2.24) is 10.2 Å². The summed E-state index contributed by atoms with van der Waals surface area (Å²) in [7, 11) is 0. The maximum atomic E-state index is 12.0. The van der Waals surface area contributed by atoms with E-state index >= 15 is 0 Å². The fraction of sp³-hybridized carbons (Fsp3) is 0.118. The second-order valence-corrected chi connectivity index (χ2v) is 5.65. The number of likely N-dealkylation sites (N-methyl/N-ethyl adjacent to an activating group) is 1. The molecule has 1 aromatic carbocycles. The smallest absolute Gasteiger partial charge is 0.335 e. The first-order valence-electron chi connectivity index (χ1n) is 7.38. The first-order valence-corrected chi connectivity index (χ1v) is 7.76. The summed E-state index contributed by atoms with van der Waals surface area (Å²) < 4.78 is 5.62. The van der Waals surface area contributed by atoms with Gasteiger partial charge < -0.3 is 14.8 Å². The lowest BCUT2D eigenvalue weighted by Gasteiger charge is -2.05. The molecule has 8 heteroatoms. The third kappa shape index (κ3) is 3.14. The molecule has 25 heavy (non-hydrogen) atoms. The predicted molar refractivity (Wildman–Crippen MR) is 90.0 cm³/mol. The van der Waals surface area contributed by atoms with Gasteiger partial charge in [-0.3, -0.25) is 9.69 Å². The van der Waals surface area contributed by atoms with Crippen molar-refractivity contribution in [1.29, 1.82) is 0 Å². The molecule has 3 rings (SSSR count). The van der Waals surface area contributed by atoms with Crippen molar-refractivity contribution in [2.75, 3.05) is 6.54 Å². The van der Waals surface area contributed by atoms with Gasteiger partial charge in [0.05, 0.1) is 10.6 Å². The van der Waals surface area contributed by atoms with E-state index in [1.165, 1.54) is 24.3 Å². The lowest BCUT2D eigenvalue weighted by molar-refractivity contribution is -0.122. The van der Waals surface area contributed by atoms with E-state index in [0.29, 0.717) is 22.1 Å². The van der Waals surface area contributed by atoms with Crippen LogP contribution in [0.1, 0.15) is 23.0 Å². The largest absolute Gasteiger partial charge is 0.478 e. The van der Waals surface area contributed by atoms with Crippen molar-refractivity contribution in [3.05, 3.63) is 52.4 Å². The molecule has 1 fully saturated rings. The lowest BCUT2D eigenvalue weighted by Crippen LogP contribution is -2.30. The van der Waals surface area contributed by atoms with Crippen molar-refractivity contribution in [3.63, 3.8) is 0 Å². The van der Waals surface area contributed by atoms with Crippen LogP contribution >= 0.6 is 11.6 Å². The quantitative estimate of drug-likeness (QED) is 0.644. The van der Waals surface area contributed by atoms with Gasteiger partial charge in [0.2, 0.25) is 0 Å². The summed E-state index contributed by atoms with van der Waals surface area (Å²) in [6.07, 6.45) is 1.41. The fourth-order valence-electron chi connectivity index (χ4n) is 2.42. The Morgan fingerprint density at radius 1 is 1.32 bits per heavy atom. The van der Waals surface area contributed by atoms with Crippen LogP contribution in [0, 0.1) is 0 Å². The third-order valence-corrected chi connectivity index (χ3v) is 4.00. The van der Waals surface area contributed by atoms with Crippen LogP contribution in [-0.4, -0.2) is 34.5 Å². The van der Waals surface area contributed by atoms with E-state index in [-0.39, 0.29) is 17.8 Å². The number of aromatic carboxylic acids is 1. The molecule has 0 bridgehead atoms. The van der Waals surface area contributed by atoms with Crippen LogP contribution in [0.25, 0.3) is 17.4 Å². The van der Waals surface area contributed by atoms with Crippen LogP contribution < -0.4 is 5.32 Å². The Kier molecular flexibility index (Phi) is 4.33. The minimum absolute atomic E-state index is 0.0764. The molecule has 0 saturated carbocycles. The van der Waals surface area contributed by atoms with Gasteiger partial charge in [0.15, 0.2) is 0 Å². The molecule has 1 aliphatic heterocycles. The Balaban J connectivity index is 1.93. The van der Waals surface area contributed by atoms with Gasteiger partial charge in [-0.25, -0.2) is 9.59 Å². The van der Waals surface area contributed by atoms with E-state index in [1.54, 1.807) is 19.1 Å². The van der Waals surface area contributed by atoms with Gasteiger partial charge >= 0.3 is 12.0 Å². The van der Waals surface area contributed by atoms with Gasteiger partial charge in [0.1, 0.15) is 17.2 Å². The third-order valence-electron chi connectivity index (χ3n) is 3.67. The number of carbonyl (C=O) groups is 3. The number of furan rings is 1. The zero-order chi connectivity index (χ0) is 18.1. The molecule has 0 spiro atoms. The summed E-state index contributed by atoms with van der Waals surface area (Å²) in [5.41, 5.74) is 0.605. The highest BCUT2D eigenvalue weighted by atomic mass is 35.5. The molecule has 2 N–H and O–H groups in total. The normalized spacial score (nSPS) is 15.8. The minimum Gasteiger partial charge on any atom is -0.478 e. The number of urea groups is 1. The number of hydrogen-bond donors (Lipinski definition) is 2. The minimum atomic E-state index is -1.08. The van der Waals surface area contributed by atoms with Crippen LogP contribution in [0.2, 0.25) is 5.02 Å². The van der Waals surface area contributed by atoms with Gasteiger partial charge in [0.25, 0.3) is 5.91 Å². The molecule has 2 heterocycles. The monoisotopic (exact) mass is 360 g/mol. The van der Waals surface area contributed by atoms with E-state index in [0.717, 1.165) is 4.90 Å². The van der Waals surface area contributed by atoms with E-state index in [2.05, 4.69) is 5.32 Å². The number of carboxylic acids is 1. The van der Waals surface area contributed by atoms with Gasteiger partial charge in [-0.2, -0.15) is 0 Å². The van der Waals surface area contributed by atoms with E-state index in [9.17, 15) is 14.4 Å². The average Bonchev–Trinajstić information content (AvgIpc) is 3.13. The Bertz CT molecular complexity index is 916. The van der Waals surface area contributed by atoms with Gasteiger partial charge in [0, 0.05) is 18.2 Å². The predicted octanol–water partition coefficient (Wildman–Crippen LogP) is 3.21. The van der Waals surface area contributed by atoms with E-state index in [4.69, 9.17) is 21.1 Å². The Hall–Kier alpha value is -3.06.